The number of hydrogen-bond donors (Lipinski definition) is 3. The van der Waals surface area contributed by atoms with Gasteiger partial charge in [-0.1, -0.05) is 24.3 Å². The summed E-state index contributed by atoms with van der Waals surface area (Å²) >= 11 is 0. The second-order valence-electron chi connectivity index (χ2n) is 7.11. The SMILES string of the molecule is CN=C(NCCc1ccc(S(N)(=O)=O)cc1)NCc1ccc(N2CCCC2=O)cc1. The van der Waals surface area contributed by atoms with Gasteiger partial charge >= 0.3 is 0 Å². The molecule has 2 aromatic carbocycles. The van der Waals surface area contributed by atoms with E-state index in [0.29, 0.717) is 31.9 Å². The molecule has 1 fully saturated rings. The molecule has 3 rings (SSSR count). The molecule has 0 aromatic heterocycles. The first-order valence-electron chi connectivity index (χ1n) is 9.82. The lowest BCUT2D eigenvalue weighted by molar-refractivity contribution is -0.117. The minimum Gasteiger partial charge on any atom is -0.356 e. The van der Waals surface area contributed by atoms with E-state index >= 15 is 0 Å². The summed E-state index contributed by atoms with van der Waals surface area (Å²) in [6.45, 7) is 2.04. The molecular formula is C21H27N5O3S. The van der Waals surface area contributed by atoms with Gasteiger partial charge in [0.15, 0.2) is 5.96 Å². The number of anilines is 1. The van der Waals surface area contributed by atoms with Crippen LogP contribution in [0.2, 0.25) is 0 Å². The summed E-state index contributed by atoms with van der Waals surface area (Å²) in [6.07, 6.45) is 2.26. The molecule has 8 nitrogen and oxygen atoms in total. The number of nitrogens with two attached hydrogens (primary N) is 1. The maximum Gasteiger partial charge on any atom is 0.238 e. The second kappa shape index (κ2) is 9.73. The van der Waals surface area contributed by atoms with Crippen molar-refractivity contribution in [3.8, 4) is 0 Å². The van der Waals surface area contributed by atoms with Gasteiger partial charge in [-0.25, -0.2) is 13.6 Å². The molecule has 1 aliphatic rings. The number of nitrogens with one attached hydrogen (secondary N) is 2. The summed E-state index contributed by atoms with van der Waals surface area (Å²) in [5, 5.41) is 11.6. The maximum absolute atomic E-state index is 11.8. The zero-order valence-electron chi connectivity index (χ0n) is 17.0. The number of nitrogens with zero attached hydrogens (tertiary/aromatic N) is 2. The predicted molar refractivity (Wildman–Crippen MR) is 118 cm³/mol. The first-order chi connectivity index (χ1) is 14.4. The number of carbonyl (C=O) groups excluding carboxylic acids is 1. The monoisotopic (exact) mass is 429 g/mol. The molecule has 1 amide bonds. The topological polar surface area (TPSA) is 117 Å². The van der Waals surface area contributed by atoms with E-state index in [1.807, 2.05) is 29.2 Å². The Labute approximate surface area is 177 Å². The number of guanidine groups is 1. The van der Waals surface area contributed by atoms with Crippen LogP contribution >= 0.6 is 0 Å². The van der Waals surface area contributed by atoms with Gasteiger partial charge in [-0.2, -0.15) is 0 Å². The number of sulfonamides is 1. The molecule has 2 aromatic rings. The van der Waals surface area contributed by atoms with E-state index in [2.05, 4.69) is 15.6 Å². The Morgan fingerprint density at radius 1 is 1.07 bits per heavy atom. The Kier molecular flexibility index (Phi) is 7.07. The van der Waals surface area contributed by atoms with Crippen LogP contribution in [-0.2, 0) is 27.8 Å². The highest BCUT2D eigenvalue weighted by Crippen LogP contribution is 2.21. The van der Waals surface area contributed by atoms with Gasteiger partial charge in [0, 0.05) is 38.8 Å². The number of hydrogen-bond acceptors (Lipinski definition) is 4. The van der Waals surface area contributed by atoms with Crippen LogP contribution in [0, 0.1) is 0 Å². The van der Waals surface area contributed by atoms with Crippen molar-refractivity contribution in [2.45, 2.75) is 30.7 Å². The minimum atomic E-state index is -3.67. The largest absolute Gasteiger partial charge is 0.356 e. The first kappa shape index (κ1) is 21.8. The molecule has 160 valence electrons. The van der Waals surface area contributed by atoms with E-state index in [9.17, 15) is 13.2 Å². The average Bonchev–Trinajstić information content (AvgIpc) is 3.16. The Morgan fingerprint density at radius 2 is 1.73 bits per heavy atom. The number of rotatable bonds is 7. The van der Waals surface area contributed by atoms with Crippen molar-refractivity contribution < 1.29 is 13.2 Å². The molecule has 1 aliphatic heterocycles. The van der Waals surface area contributed by atoms with Gasteiger partial charge in [0.25, 0.3) is 0 Å². The van der Waals surface area contributed by atoms with Gasteiger partial charge in [0.05, 0.1) is 4.90 Å². The summed E-state index contributed by atoms with van der Waals surface area (Å²) in [4.78, 5) is 18.0. The van der Waals surface area contributed by atoms with Gasteiger partial charge < -0.3 is 15.5 Å². The van der Waals surface area contributed by atoms with Gasteiger partial charge in [-0.3, -0.25) is 9.79 Å². The van der Waals surface area contributed by atoms with Crippen molar-refractivity contribution in [1.82, 2.24) is 10.6 Å². The third-order valence-corrected chi connectivity index (χ3v) is 5.89. The molecule has 1 heterocycles. The van der Waals surface area contributed by atoms with Crippen molar-refractivity contribution in [1.29, 1.82) is 0 Å². The summed E-state index contributed by atoms with van der Waals surface area (Å²) < 4.78 is 22.6. The maximum atomic E-state index is 11.8. The first-order valence-corrected chi connectivity index (χ1v) is 11.4. The zero-order chi connectivity index (χ0) is 21.6. The quantitative estimate of drug-likeness (QED) is 0.454. The van der Waals surface area contributed by atoms with Crippen LogP contribution in [0.3, 0.4) is 0 Å². The lowest BCUT2D eigenvalue weighted by Crippen LogP contribution is -2.37. The second-order valence-corrected chi connectivity index (χ2v) is 8.67. The number of benzene rings is 2. The van der Waals surface area contributed by atoms with Gasteiger partial charge in [0.2, 0.25) is 15.9 Å². The number of amides is 1. The zero-order valence-corrected chi connectivity index (χ0v) is 17.8. The van der Waals surface area contributed by atoms with E-state index in [0.717, 1.165) is 29.8 Å². The lowest BCUT2D eigenvalue weighted by atomic mass is 10.1. The molecular weight excluding hydrogens is 402 g/mol. The van der Waals surface area contributed by atoms with Crippen molar-refractivity contribution in [3.63, 3.8) is 0 Å². The Hall–Kier alpha value is -2.91. The normalized spacial score (nSPS) is 14.8. The van der Waals surface area contributed by atoms with Crippen molar-refractivity contribution in [3.05, 3.63) is 59.7 Å². The molecule has 0 saturated carbocycles. The number of aliphatic imine (C=N–C) groups is 1. The van der Waals surface area contributed by atoms with E-state index in [4.69, 9.17) is 5.14 Å². The fourth-order valence-corrected chi connectivity index (χ4v) is 3.81. The highest BCUT2D eigenvalue weighted by atomic mass is 32.2. The van der Waals surface area contributed by atoms with Crippen LogP contribution in [-0.4, -0.2) is 40.4 Å². The molecule has 0 aliphatic carbocycles. The number of primary sulfonamides is 1. The standard InChI is InChI=1S/C21H27N5O3S/c1-23-21(24-13-12-16-6-10-19(11-7-16)30(22,28)29)25-15-17-4-8-18(9-5-17)26-14-2-3-20(26)27/h4-11H,2-3,12-15H2,1H3,(H2,22,28,29)(H2,23,24,25). The van der Waals surface area contributed by atoms with Crippen LogP contribution in [0.25, 0.3) is 0 Å². The molecule has 0 spiro atoms. The van der Waals surface area contributed by atoms with Crippen LogP contribution in [0.5, 0.6) is 0 Å². The minimum absolute atomic E-state index is 0.108. The third-order valence-electron chi connectivity index (χ3n) is 4.96. The van der Waals surface area contributed by atoms with Crippen molar-refractivity contribution in [2.75, 3.05) is 25.0 Å². The third kappa shape index (κ3) is 5.80. The van der Waals surface area contributed by atoms with E-state index in [1.165, 1.54) is 12.1 Å². The molecule has 1 saturated heterocycles. The molecule has 0 atom stereocenters. The van der Waals surface area contributed by atoms with Crippen LogP contribution in [0.4, 0.5) is 5.69 Å². The summed E-state index contributed by atoms with van der Waals surface area (Å²) in [5.41, 5.74) is 3.03. The van der Waals surface area contributed by atoms with Gasteiger partial charge in [-0.15, -0.1) is 0 Å². The molecule has 30 heavy (non-hydrogen) atoms. The number of carbonyl (C=O) groups is 1. The van der Waals surface area contributed by atoms with E-state index in [1.54, 1.807) is 19.2 Å². The summed E-state index contributed by atoms with van der Waals surface area (Å²) in [5.74, 6) is 0.861. The van der Waals surface area contributed by atoms with Crippen LogP contribution in [0.15, 0.2) is 58.4 Å². The summed E-state index contributed by atoms with van der Waals surface area (Å²) in [7, 11) is -1.96. The van der Waals surface area contributed by atoms with Gasteiger partial charge in [0.1, 0.15) is 0 Å². The molecule has 0 bridgehead atoms. The fourth-order valence-electron chi connectivity index (χ4n) is 3.29. The van der Waals surface area contributed by atoms with E-state index < -0.39 is 10.0 Å². The van der Waals surface area contributed by atoms with E-state index in [-0.39, 0.29) is 10.8 Å². The fraction of sp³-hybridized carbons (Fsp3) is 0.333. The van der Waals surface area contributed by atoms with Crippen LogP contribution < -0.4 is 20.7 Å². The lowest BCUT2D eigenvalue weighted by Gasteiger charge is -2.16. The Bertz CT molecular complexity index is 1000. The van der Waals surface area contributed by atoms with Gasteiger partial charge in [-0.05, 0) is 48.2 Å². The van der Waals surface area contributed by atoms with Crippen molar-refractivity contribution >= 4 is 27.6 Å². The molecule has 4 N–H and O–H groups in total. The predicted octanol–water partition coefficient (Wildman–Crippen LogP) is 1.37. The Morgan fingerprint density at radius 3 is 2.30 bits per heavy atom. The average molecular weight is 430 g/mol. The summed E-state index contributed by atoms with van der Waals surface area (Å²) in [6, 6.07) is 14.5. The molecule has 0 radical (unpaired) electrons. The van der Waals surface area contributed by atoms with Crippen LogP contribution in [0.1, 0.15) is 24.0 Å². The smallest absolute Gasteiger partial charge is 0.238 e. The Balaban J connectivity index is 1.45. The molecule has 0 unspecified atom stereocenters. The molecule has 9 heteroatoms. The highest BCUT2D eigenvalue weighted by Gasteiger charge is 2.21. The van der Waals surface area contributed by atoms with Crippen molar-refractivity contribution in [2.24, 2.45) is 10.1 Å². The highest BCUT2D eigenvalue weighted by molar-refractivity contribution is 7.89.